The minimum Gasteiger partial charge on any atom is -0.494 e. The van der Waals surface area contributed by atoms with E-state index in [1.165, 1.54) is 11.3 Å². The summed E-state index contributed by atoms with van der Waals surface area (Å²) in [7, 11) is 1.71. The van der Waals surface area contributed by atoms with Crippen molar-refractivity contribution in [3.8, 4) is 23.0 Å². The van der Waals surface area contributed by atoms with E-state index in [0.717, 1.165) is 99.3 Å². The Morgan fingerprint density at radius 3 is 1.78 bits per heavy atom. The quantitative estimate of drug-likeness (QED) is 0.00693. The molecule has 2 fully saturated rings. The van der Waals surface area contributed by atoms with E-state index >= 15 is 0 Å². The molecule has 2 saturated carbocycles. The molecule has 0 unspecified atom stereocenters. The largest absolute Gasteiger partial charge is 0.494 e. The summed E-state index contributed by atoms with van der Waals surface area (Å²) in [5.41, 5.74) is 1.90. The normalized spacial score (nSPS) is 16.6. The average molecular weight is 1200 g/mol. The number of anilines is 1. The molecule has 2 aliphatic rings. The lowest BCUT2D eigenvalue weighted by atomic mass is 9.87. The summed E-state index contributed by atoms with van der Waals surface area (Å²) < 4.78 is 51.6. The summed E-state index contributed by atoms with van der Waals surface area (Å²) in [6, 6.07) is 26.6. The maximum Gasteiger partial charge on any atom is 0.339 e. The third-order valence-corrected chi connectivity index (χ3v) is 16.1. The Morgan fingerprint density at radius 2 is 1.16 bits per heavy atom. The van der Waals surface area contributed by atoms with E-state index < -0.39 is 41.9 Å². The predicted octanol–water partition coefficient (Wildman–Crippen LogP) is 13.5. The highest BCUT2D eigenvalue weighted by Crippen LogP contribution is 2.33. The number of esters is 6. The molecule has 4 aromatic carbocycles. The van der Waals surface area contributed by atoms with E-state index in [1.54, 1.807) is 80.1 Å². The number of rotatable bonds is 36. The molecule has 1 aromatic heterocycles. The number of carbonyl (C=O) groups is 6. The molecule has 0 spiro atoms. The van der Waals surface area contributed by atoms with Crippen molar-refractivity contribution in [3.63, 3.8) is 0 Å². The van der Waals surface area contributed by atoms with E-state index in [0.29, 0.717) is 112 Å². The van der Waals surface area contributed by atoms with Crippen molar-refractivity contribution in [1.29, 1.82) is 0 Å². The molecule has 0 aliphatic heterocycles. The number of hydrogen-bond acceptors (Lipinski definition) is 19. The molecule has 2 aliphatic carbocycles. The number of thiazole rings is 1. The molecule has 0 radical (unpaired) electrons. The fourth-order valence-corrected chi connectivity index (χ4v) is 11.0. The summed E-state index contributed by atoms with van der Waals surface area (Å²) in [6.45, 7) is 8.19. The van der Waals surface area contributed by atoms with Crippen molar-refractivity contribution < 1.29 is 71.4 Å². The Kier molecular flexibility index (Phi) is 27.9. The molecule has 1 heterocycles. The van der Waals surface area contributed by atoms with Gasteiger partial charge in [-0.15, -0.1) is 0 Å². The van der Waals surface area contributed by atoms with Gasteiger partial charge < -0.3 is 42.6 Å². The molecule has 18 nitrogen and oxygen atoms in total. The smallest absolute Gasteiger partial charge is 0.339 e. The van der Waals surface area contributed by atoms with Crippen LogP contribution in [0.25, 0.3) is 10.2 Å². The first-order chi connectivity index (χ1) is 42.0. The number of methoxy groups -OCH3 is 1. The van der Waals surface area contributed by atoms with Gasteiger partial charge in [0, 0.05) is 31.9 Å². The first-order valence-corrected chi connectivity index (χ1v) is 31.4. The number of hydrazone groups is 1. The third kappa shape index (κ3) is 22.3. The van der Waals surface area contributed by atoms with E-state index in [1.807, 2.05) is 29.3 Å². The van der Waals surface area contributed by atoms with Crippen LogP contribution >= 0.6 is 11.3 Å². The second-order valence-electron chi connectivity index (χ2n) is 21.6. The van der Waals surface area contributed by atoms with Crippen LogP contribution in [0.15, 0.2) is 109 Å². The number of fused-ring (bicyclic) bond motifs is 1. The van der Waals surface area contributed by atoms with E-state index in [4.69, 9.17) is 52.7 Å². The zero-order chi connectivity index (χ0) is 60.7. The van der Waals surface area contributed by atoms with Crippen LogP contribution in [-0.2, 0) is 42.9 Å². The average Bonchev–Trinajstić information content (AvgIpc) is 2.95. The maximum atomic E-state index is 14.2. The molecule has 462 valence electrons. The van der Waals surface area contributed by atoms with Crippen LogP contribution in [-0.4, -0.2) is 106 Å². The Hall–Kier alpha value is -7.64. The summed E-state index contributed by atoms with van der Waals surface area (Å²) in [5.74, 6) is -1.50. The van der Waals surface area contributed by atoms with Gasteiger partial charge in [-0.3, -0.25) is 14.4 Å². The lowest BCUT2D eigenvalue weighted by molar-refractivity contribution is -0.147. The number of aromatic nitrogens is 1. The molecule has 0 saturated heterocycles. The number of carbonyl (C=O) groups excluding carboxylic acids is 6. The van der Waals surface area contributed by atoms with E-state index in [2.05, 4.69) is 13.5 Å². The van der Waals surface area contributed by atoms with Crippen molar-refractivity contribution in [3.05, 3.63) is 120 Å². The molecular formula is C67H83N3O15S. The van der Waals surface area contributed by atoms with Gasteiger partial charge in [0.05, 0.1) is 65.6 Å². The fraction of sp³-hybridized carbons (Fsp3) is 0.493. The maximum absolute atomic E-state index is 14.2. The standard InChI is InChI=1S/C67H83N3O15S/c1-4-6-7-14-40-70(67-69-59-19-12-13-20-60(59)86-67)68-47-51-46-57(37-38-58(51)66(76)84-55-31-25-49(26-32-55)64(74)83-56-35-33-53(34-36-56)79-43-16-9-8-15-41-77-3)85-65(75)50-23-29-54(30-24-50)82-63(73)48-21-27-52(28-22-48)78-42-17-10-11-18-44-80-62(72)39-45-81-61(71)5-2/h5,12-13,19-22,27-28,33-38,46-47,49-50,54-55H,2,4,6-11,14-18,23-26,29-32,39-45H2,1,3H3/b68-47+. The fourth-order valence-electron chi connectivity index (χ4n) is 10.0. The first-order valence-electron chi connectivity index (χ1n) is 30.5. The second kappa shape index (κ2) is 36.4. The Balaban J connectivity index is 0.892. The molecule has 5 aromatic rings. The van der Waals surface area contributed by atoms with Crippen LogP contribution in [0.1, 0.15) is 168 Å². The number of ether oxygens (including phenoxy) is 9. The summed E-state index contributed by atoms with van der Waals surface area (Å²) in [6.07, 6.45) is 17.1. The van der Waals surface area contributed by atoms with Crippen LogP contribution in [0.3, 0.4) is 0 Å². The molecule has 0 N–H and O–H groups in total. The van der Waals surface area contributed by atoms with Gasteiger partial charge in [-0.2, -0.15) is 5.10 Å². The zero-order valence-corrected chi connectivity index (χ0v) is 50.6. The van der Waals surface area contributed by atoms with Crippen molar-refractivity contribution in [2.24, 2.45) is 16.9 Å². The van der Waals surface area contributed by atoms with Crippen molar-refractivity contribution >= 4 is 68.7 Å². The molecule has 19 heteroatoms. The third-order valence-electron chi connectivity index (χ3n) is 15.0. The number of nitrogens with zero attached hydrogens (tertiary/aromatic N) is 3. The van der Waals surface area contributed by atoms with Gasteiger partial charge in [-0.25, -0.2) is 24.4 Å². The highest BCUT2D eigenvalue weighted by atomic mass is 32.1. The van der Waals surface area contributed by atoms with Gasteiger partial charge in [0.2, 0.25) is 5.13 Å². The molecule has 86 heavy (non-hydrogen) atoms. The number of hydrogen-bond donors (Lipinski definition) is 0. The van der Waals surface area contributed by atoms with Crippen LogP contribution in [0.2, 0.25) is 0 Å². The van der Waals surface area contributed by atoms with Crippen molar-refractivity contribution in [2.75, 3.05) is 51.7 Å². The minimum absolute atomic E-state index is 0.00134. The van der Waals surface area contributed by atoms with Gasteiger partial charge >= 0.3 is 35.8 Å². The summed E-state index contributed by atoms with van der Waals surface area (Å²) in [4.78, 5) is 82.1. The highest BCUT2D eigenvalue weighted by Gasteiger charge is 2.32. The number of benzene rings is 4. The van der Waals surface area contributed by atoms with Gasteiger partial charge in [0.1, 0.15) is 41.8 Å². The molecule has 0 bridgehead atoms. The highest BCUT2D eigenvalue weighted by molar-refractivity contribution is 7.22. The van der Waals surface area contributed by atoms with E-state index in [-0.39, 0.29) is 42.3 Å². The van der Waals surface area contributed by atoms with Gasteiger partial charge in [0.15, 0.2) is 0 Å². The molecular weight excluding hydrogens is 1120 g/mol. The predicted molar refractivity (Wildman–Crippen MR) is 328 cm³/mol. The van der Waals surface area contributed by atoms with E-state index in [9.17, 15) is 28.8 Å². The zero-order valence-electron chi connectivity index (χ0n) is 49.8. The SMILES string of the molecule is C=CC(=O)OCCC(=O)OCCCCCCOc1ccc(C(=O)OC2CCC(C(=O)Oc3ccc(C(=O)OC4CCC(C(=O)Oc5ccc(OCCCCCCOC)cc5)CC4)c(/C=N/N(CCCCCC)c4nc5ccccc5s4)c3)CC2)cc1. The number of para-hydroxylation sites is 1. The topological polar surface area (TPSA) is 214 Å². The lowest BCUT2D eigenvalue weighted by Gasteiger charge is -2.27. The Labute approximate surface area is 508 Å². The molecule has 0 amide bonds. The second-order valence-corrected chi connectivity index (χ2v) is 22.6. The number of unbranched alkanes of at least 4 members (excludes halogenated alkanes) is 9. The van der Waals surface area contributed by atoms with Crippen LogP contribution < -0.4 is 24.0 Å². The molecule has 7 rings (SSSR count). The van der Waals surface area contributed by atoms with Gasteiger partial charge in [0.25, 0.3) is 0 Å². The van der Waals surface area contributed by atoms with Crippen LogP contribution in [0.4, 0.5) is 5.13 Å². The van der Waals surface area contributed by atoms with Gasteiger partial charge in [-0.1, -0.05) is 62.7 Å². The lowest BCUT2D eigenvalue weighted by Crippen LogP contribution is -2.30. The first kappa shape index (κ1) is 65.9. The molecule has 0 atom stereocenters. The monoisotopic (exact) mass is 1200 g/mol. The Bertz CT molecular complexity index is 2930. The van der Waals surface area contributed by atoms with Crippen molar-refractivity contribution in [1.82, 2.24) is 4.98 Å². The van der Waals surface area contributed by atoms with Crippen LogP contribution in [0, 0.1) is 11.8 Å². The van der Waals surface area contributed by atoms with Gasteiger partial charge in [-0.05, 0) is 182 Å². The summed E-state index contributed by atoms with van der Waals surface area (Å²) >= 11 is 1.53. The minimum atomic E-state index is -0.579. The van der Waals surface area contributed by atoms with Crippen molar-refractivity contribution in [2.45, 2.75) is 154 Å². The van der Waals surface area contributed by atoms with Crippen LogP contribution in [0.5, 0.6) is 23.0 Å². The Morgan fingerprint density at radius 1 is 0.605 bits per heavy atom. The summed E-state index contributed by atoms with van der Waals surface area (Å²) in [5, 5.41) is 7.50.